The first kappa shape index (κ1) is 10.1. The summed E-state index contributed by atoms with van der Waals surface area (Å²) in [4.78, 5) is 0. The standard InChI is InChI=1S/C5H14FN2OP/c1-5(2)10(6,9)7-8(3)4/h5H,1-4H3,(H,7,9). The minimum absolute atomic E-state index is 0.463. The second-order valence-corrected chi connectivity index (χ2v) is 5.05. The van der Waals surface area contributed by atoms with E-state index in [1.165, 1.54) is 5.01 Å². The van der Waals surface area contributed by atoms with Gasteiger partial charge < -0.3 is 0 Å². The average molecular weight is 168 g/mol. The largest absolute Gasteiger partial charge is 0.323 e. The van der Waals surface area contributed by atoms with Crippen molar-refractivity contribution in [1.29, 1.82) is 0 Å². The van der Waals surface area contributed by atoms with Crippen molar-refractivity contribution >= 4 is 7.60 Å². The second-order valence-electron chi connectivity index (χ2n) is 2.67. The Morgan fingerprint density at radius 1 is 1.50 bits per heavy atom. The third-order valence-corrected chi connectivity index (χ3v) is 3.00. The van der Waals surface area contributed by atoms with Crippen LogP contribution >= 0.6 is 7.60 Å². The van der Waals surface area contributed by atoms with Gasteiger partial charge in [0.05, 0.1) is 0 Å². The molecule has 62 valence electrons. The monoisotopic (exact) mass is 168 g/mol. The lowest BCUT2D eigenvalue weighted by atomic mass is 10.6. The fraction of sp³-hybridized carbons (Fsp3) is 1.00. The lowest BCUT2D eigenvalue weighted by Gasteiger charge is -2.18. The maximum absolute atomic E-state index is 12.9. The molecule has 10 heavy (non-hydrogen) atoms. The highest BCUT2D eigenvalue weighted by Crippen LogP contribution is 2.47. The van der Waals surface area contributed by atoms with E-state index in [1.54, 1.807) is 27.9 Å². The van der Waals surface area contributed by atoms with Gasteiger partial charge >= 0.3 is 7.60 Å². The molecule has 0 aliphatic rings. The molecule has 1 N–H and O–H groups in total. The van der Waals surface area contributed by atoms with Crippen LogP contribution in [0.1, 0.15) is 13.8 Å². The summed E-state index contributed by atoms with van der Waals surface area (Å²) in [6.07, 6.45) is 0. The van der Waals surface area contributed by atoms with Crippen molar-refractivity contribution in [2.75, 3.05) is 14.1 Å². The predicted octanol–water partition coefficient (Wildman–Crippen LogP) is 1.62. The summed E-state index contributed by atoms with van der Waals surface area (Å²) < 4.78 is 23.8. The smallest absolute Gasteiger partial charge is 0.268 e. The van der Waals surface area contributed by atoms with E-state index < -0.39 is 13.3 Å². The van der Waals surface area contributed by atoms with Crippen LogP contribution < -0.4 is 5.20 Å². The van der Waals surface area contributed by atoms with Crippen molar-refractivity contribution < 1.29 is 8.76 Å². The third-order valence-electron chi connectivity index (χ3n) is 1.00. The molecule has 0 radical (unpaired) electrons. The molecule has 0 spiro atoms. The van der Waals surface area contributed by atoms with Crippen LogP contribution in [0.2, 0.25) is 0 Å². The highest BCUT2D eigenvalue weighted by molar-refractivity contribution is 7.57. The zero-order chi connectivity index (χ0) is 8.36. The second kappa shape index (κ2) is 3.46. The van der Waals surface area contributed by atoms with Gasteiger partial charge in [0.15, 0.2) is 0 Å². The molecule has 0 saturated carbocycles. The number of rotatable bonds is 3. The van der Waals surface area contributed by atoms with Gasteiger partial charge in [0.1, 0.15) is 0 Å². The highest BCUT2D eigenvalue weighted by atomic mass is 31.2. The lowest BCUT2D eigenvalue weighted by molar-refractivity contribution is 0.346. The summed E-state index contributed by atoms with van der Waals surface area (Å²) >= 11 is 0. The van der Waals surface area contributed by atoms with Crippen LogP contribution in [0.4, 0.5) is 4.20 Å². The fourth-order valence-corrected chi connectivity index (χ4v) is 1.16. The Balaban J connectivity index is 4.01. The van der Waals surface area contributed by atoms with Crippen LogP contribution in [-0.2, 0) is 4.57 Å². The first-order valence-corrected chi connectivity index (χ1v) is 4.77. The van der Waals surface area contributed by atoms with Gasteiger partial charge in [0, 0.05) is 19.8 Å². The van der Waals surface area contributed by atoms with Crippen molar-refractivity contribution in [2.45, 2.75) is 19.5 Å². The summed E-state index contributed by atoms with van der Waals surface area (Å²) in [5.41, 5.74) is -0.463. The van der Waals surface area contributed by atoms with E-state index in [0.717, 1.165) is 0 Å². The van der Waals surface area contributed by atoms with E-state index in [2.05, 4.69) is 5.20 Å². The first-order chi connectivity index (χ1) is 4.36. The first-order valence-electron chi connectivity index (χ1n) is 3.11. The number of hydrogen-bond acceptors (Lipinski definition) is 2. The number of hydrogen-bond donors (Lipinski definition) is 1. The van der Waals surface area contributed by atoms with Crippen molar-refractivity contribution in [3.8, 4) is 0 Å². The Kier molecular flexibility index (Phi) is 3.49. The lowest BCUT2D eigenvalue weighted by Crippen LogP contribution is -2.28. The van der Waals surface area contributed by atoms with Gasteiger partial charge in [-0.15, -0.1) is 0 Å². The number of halogens is 1. The Hall–Kier alpha value is 0.0800. The van der Waals surface area contributed by atoms with E-state index in [4.69, 9.17) is 0 Å². The van der Waals surface area contributed by atoms with Gasteiger partial charge in [0.2, 0.25) is 0 Å². The molecule has 0 aliphatic carbocycles. The molecule has 0 aromatic heterocycles. The molecule has 5 heteroatoms. The van der Waals surface area contributed by atoms with Crippen molar-refractivity contribution in [3.63, 3.8) is 0 Å². The molecule has 0 aromatic rings. The summed E-state index contributed by atoms with van der Waals surface area (Å²) in [7, 11) is -0.433. The van der Waals surface area contributed by atoms with E-state index in [-0.39, 0.29) is 0 Å². The van der Waals surface area contributed by atoms with Crippen molar-refractivity contribution in [3.05, 3.63) is 0 Å². The topological polar surface area (TPSA) is 32.3 Å². The van der Waals surface area contributed by atoms with E-state index in [0.29, 0.717) is 0 Å². The zero-order valence-corrected chi connectivity index (χ0v) is 7.65. The zero-order valence-electron chi connectivity index (χ0n) is 6.76. The van der Waals surface area contributed by atoms with Crippen molar-refractivity contribution in [1.82, 2.24) is 10.2 Å². The average Bonchev–Trinajstić information content (AvgIpc) is 1.60. The van der Waals surface area contributed by atoms with Gasteiger partial charge in [-0.3, -0.25) is 4.57 Å². The third kappa shape index (κ3) is 3.30. The minimum atomic E-state index is -3.64. The number of hydrazine groups is 1. The van der Waals surface area contributed by atoms with Crippen LogP contribution in [0.15, 0.2) is 0 Å². The molecule has 0 aromatic carbocycles. The van der Waals surface area contributed by atoms with Crippen molar-refractivity contribution in [2.24, 2.45) is 0 Å². The Morgan fingerprint density at radius 2 is 1.90 bits per heavy atom. The van der Waals surface area contributed by atoms with Crippen LogP contribution in [0.5, 0.6) is 0 Å². The molecule has 0 saturated heterocycles. The van der Waals surface area contributed by atoms with Crippen LogP contribution in [-0.4, -0.2) is 24.8 Å². The van der Waals surface area contributed by atoms with Gasteiger partial charge in [-0.2, -0.15) is 9.39 Å². The molecule has 3 nitrogen and oxygen atoms in total. The molecule has 0 rings (SSSR count). The van der Waals surface area contributed by atoms with Gasteiger partial charge in [0.25, 0.3) is 0 Å². The maximum atomic E-state index is 12.9. The molecule has 0 fully saturated rings. The highest BCUT2D eigenvalue weighted by Gasteiger charge is 2.25. The molecular weight excluding hydrogens is 154 g/mol. The summed E-state index contributed by atoms with van der Waals surface area (Å²) in [5, 5.41) is 3.60. The van der Waals surface area contributed by atoms with Gasteiger partial charge in [-0.1, -0.05) is 13.8 Å². The van der Waals surface area contributed by atoms with Gasteiger partial charge in [-0.05, 0) is 0 Å². The summed E-state index contributed by atoms with van der Waals surface area (Å²) in [5.74, 6) is 0. The van der Waals surface area contributed by atoms with E-state index >= 15 is 0 Å². The SMILES string of the molecule is CC(C)P(=O)(F)NN(C)C. The Bertz CT molecular complexity index is 149. The quantitative estimate of drug-likeness (QED) is 0.513. The summed E-state index contributed by atoms with van der Waals surface area (Å²) in [6.45, 7) is 3.16. The van der Waals surface area contributed by atoms with Crippen LogP contribution in [0.3, 0.4) is 0 Å². The normalized spacial score (nSPS) is 17.9. The molecule has 0 heterocycles. The van der Waals surface area contributed by atoms with Gasteiger partial charge in [-0.25, -0.2) is 5.01 Å². The Labute approximate surface area is 61.1 Å². The number of nitrogens with one attached hydrogen (secondary N) is 1. The summed E-state index contributed by atoms with van der Waals surface area (Å²) in [6, 6.07) is 0. The molecule has 0 amide bonds. The maximum Gasteiger partial charge on any atom is 0.323 e. The molecular formula is C5H14FN2OP. The van der Waals surface area contributed by atoms with E-state index in [9.17, 15) is 8.76 Å². The van der Waals surface area contributed by atoms with E-state index in [1.807, 2.05) is 0 Å². The number of nitrogens with zero attached hydrogens (tertiary/aromatic N) is 1. The molecule has 1 atom stereocenters. The minimum Gasteiger partial charge on any atom is -0.268 e. The molecule has 1 unspecified atom stereocenters. The fourth-order valence-electron chi connectivity index (χ4n) is 0.388. The molecule has 0 aliphatic heterocycles. The van der Waals surface area contributed by atoms with Crippen LogP contribution in [0.25, 0.3) is 0 Å². The van der Waals surface area contributed by atoms with Crippen LogP contribution in [0, 0.1) is 0 Å². The molecule has 0 bridgehead atoms. The predicted molar refractivity (Wildman–Crippen MR) is 40.7 cm³/mol. The Morgan fingerprint density at radius 3 is 2.00 bits per heavy atom.